The monoisotopic (exact) mass is 458 g/mol. The number of carbonyl (C=O) groups is 4. The highest BCUT2D eigenvalue weighted by atomic mass is 16.6. The summed E-state index contributed by atoms with van der Waals surface area (Å²) in [5.74, 6) is -0.625. The Labute approximate surface area is 195 Å². The Morgan fingerprint density at radius 3 is 2.15 bits per heavy atom. The number of likely N-dealkylation sites (tertiary alicyclic amines) is 1. The van der Waals surface area contributed by atoms with Crippen molar-refractivity contribution >= 4 is 29.6 Å². The number of para-hydroxylation sites is 1. The zero-order valence-electron chi connectivity index (χ0n) is 20.3. The van der Waals surface area contributed by atoms with Gasteiger partial charge in [0.2, 0.25) is 5.91 Å². The molecule has 0 aromatic heterocycles. The first-order chi connectivity index (χ1) is 15.4. The number of imide groups is 1. The van der Waals surface area contributed by atoms with E-state index in [1.807, 2.05) is 44.2 Å². The van der Waals surface area contributed by atoms with Crippen molar-refractivity contribution in [2.75, 3.05) is 25.0 Å². The third-order valence-corrected chi connectivity index (χ3v) is 6.13. The Morgan fingerprint density at radius 2 is 1.64 bits per heavy atom. The van der Waals surface area contributed by atoms with E-state index in [2.05, 4.69) is 5.32 Å². The molecule has 0 unspecified atom stereocenters. The molecule has 1 aromatic carbocycles. The molecule has 0 aliphatic carbocycles. The Kier molecular flexibility index (Phi) is 6.72. The second-order valence-corrected chi connectivity index (χ2v) is 10.0. The quantitative estimate of drug-likeness (QED) is 0.700. The smallest absolute Gasteiger partial charge is 0.408 e. The van der Waals surface area contributed by atoms with Gasteiger partial charge in [-0.1, -0.05) is 32.0 Å². The van der Waals surface area contributed by atoms with E-state index in [0.717, 1.165) is 4.90 Å². The van der Waals surface area contributed by atoms with Crippen LogP contribution in [0.1, 0.15) is 47.5 Å². The summed E-state index contributed by atoms with van der Waals surface area (Å²) in [6.07, 6.45) is -0.00366. The first-order valence-corrected chi connectivity index (χ1v) is 11.3. The number of ether oxygens (including phenoxy) is 1. The normalized spacial score (nSPS) is 19.3. The molecule has 1 aromatic rings. The van der Waals surface area contributed by atoms with Crippen molar-refractivity contribution < 1.29 is 23.9 Å². The van der Waals surface area contributed by atoms with Gasteiger partial charge in [0.05, 0.1) is 0 Å². The standard InChI is InChI=1S/C24H34N4O5/c1-16(2)18(25-21(31)33-23(3,4)5)19(29)27-14-12-24(13-15-27)20(30)26(6)22(32)28(24)17-10-8-7-9-11-17/h7-11,16,18H,12-15H2,1-6H3,(H,25,31)/t18-/m1/s1. The molecule has 1 N–H and O–H groups in total. The van der Waals surface area contributed by atoms with Gasteiger partial charge in [-0.2, -0.15) is 0 Å². The summed E-state index contributed by atoms with van der Waals surface area (Å²) in [5.41, 5.74) is -1.03. The summed E-state index contributed by atoms with van der Waals surface area (Å²) in [5, 5.41) is 2.70. The molecule has 0 saturated carbocycles. The average molecular weight is 459 g/mol. The predicted molar refractivity (Wildman–Crippen MR) is 124 cm³/mol. The Bertz CT molecular complexity index is 917. The lowest BCUT2D eigenvalue weighted by Gasteiger charge is -2.43. The van der Waals surface area contributed by atoms with Crippen LogP contribution in [0.4, 0.5) is 15.3 Å². The van der Waals surface area contributed by atoms with Crippen LogP contribution in [0.3, 0.4) is 0 Å². The van der Waals surface area contributed by atoms with Crippen molar-refractivity contribution in [3.05, 3.63) is 30.3 Å². The van der Waals surface area contributed by atoms with Gasteiger partial charge >= 0.3 is 12.1 Å². The lowest BCUT2D eigenvalue weighted by molar-refractivity contribution is -0.139. The molecule has 9 heteroatoms. The maximum absolute atomic E-state index is 13.3. The molecule has 2 fully saturated rings. The molecular formula is C24H34N4O5. The third-order valence-electron chi connectivity index (χ3n) is 6.13. The van der Waals surface area contributed by atoms with Gasteiger partial charge in [0.15, 0.2) is 0 Å². The third kappa shape index (κ3) is 4.82. The second-order valence-electron chi connectivity index (χ2n) is 10.0. The van der Waals surface area contributed by atoms with E-state index in [9.17, 15) is 19.2 Å². The number of amides is 5. The van der Waals surface area contributed by atoms with Gasteiger partial charge in [-0.15, -0.1) is 0 Å². The van der Waals surface area contributed by atoms with Crippen molar-refractivity contribution in [1.29, 1.82) is 0 Å². The van der Waals surface area contributed by atoms with Gasteiger partial charge in [0.1, 0.15) is 17.2 Å². The van der Waals surface area contributed by atoms with Crippen LogP contribution in [0.5, 0.6) is 0 Å². The summed E-state index contributed by atoms with van der Waals surface area (Å²) >= 11 is 0. The number of alkyl carbamates (subject to hydrolysis) is 1. The lowest BCUT2D eigenvalue weighted by atomic mass is 9.85. The highest BCUT2D eigenvalue weighted by molar-refractivity contribution is 6.16. The number of benzene rings is 1. The number of likely N-dealkylation sites (N-methyl/N-ethyl adjacent to an activating group) is 1. The molecule has 33 heavy (non-hydrogen) atoms. The van der Waals surface area contributed by atoms with Crippen molar-refractivity contribution in [2.45, 2.75) is 64.6 Å². The molecule has 9 nitrogen and oxygen atoms in total. The molecule has 2 heterocycles. The minimum atomic E-state index is -1.02. The largest absolute Gasteiger partial charge is 0.444 e. The number of carbonyl (C=O) groups excluding carboxylic acids is 4. The fourth-order valence-electron chi connectivity index (χ4n) is 4.44. The molecule has 3 rings (SSSR count). The molecule has 0 bridgehead atoms. The maximum atomic E-state index is 13.3. The van der Waals surface area contributed by atoms with E-state index < -0.39 is 23.3 Å². The first kappa shape index (κ1) is 24.5. The van der Waals surface area contributed by atoms with Gasteiger partial charge < -0.3 is 15.0 Å². The van der Waals surface area contributed by atoms with Gasteiger partial charge in [-0.3, -0.25) is 19.4 Å². The zero-order chi connectivity index (χ0) is 24.6. The van der Waals surface area contributed by atoms with Crippen molar-refractivity contribution in [3.8, 4) is 0 Å². The first-order valence-electron chi connectivity index (χ1n) is 11.3. The van der Waals surface area contributed by atoms with Crippen LogP contribution in [0.2, 0.25) is 0 Å². The average Bonchev–Trinajstić information content (AvgIpc) is 2.92. The maximum Gasteiger partial charge on any atom is 0.408 e. The van der Waals surface area contributed by atoms with Crippen LogP contribution >= 0.6 is 0 Å². The minimum Gasteiger partial charge on any atom is -0.444 e. The summed E-state index contributed by atoms with van der Waals surface area (Å²) in [6, 6.07) is 8.01. The van der Waals surface area contributed by atoms with E-state index in [1.165, 1.54) is 7.05 Å². The SMILES string of the molecule is CC(C)[C@@H](NC(=O)OC(C)(C)C)C(=O)N1CCC2(CC1)C(=O)N(C)C(=O)N2c1ccccc1. The van der Waals surface area contributed by atoms with Gasteiger partial charge in [-0.05, 0) is 51.7 Å². The summed E-state index contributed by atoms with van der Waals surface area (Å²) in [7, 11) is 1.49. The number of urea groups is 1. The van der Waals surface area contributed by atoms with Crippen molar-refractivity contribution in [3.63, 3.8) is 0 Å². The topological polar surface area (TPSA) is 99.3 Å². The lowest BCUT2D eigenvalue weighted by Crippen LogP contribution is -2.60. The molecule has 1 spiro atoms. The second kappa shape index (κ2) is 9.03. The predicted octanol–water partition coefficient (Wildman–Crippen LogP) is 3.00. The number of nitrogens with one attached hydrogen (secondary N) is 1. The van der Waals surface area contributed by atoms with Crippen LogP contribution in [0.15, 0.2) is 30.3 Å². The molecule has 2 aliphatic rings. The van der Waals surface area contributed by atoms with Crippen molar-refractivity contribution in [2.24, 2.45) is 5.92 Å². The fraction of sp³-hybridized carbons (Fsp3) is 0.583. The minimum absolute atomic E-state index is 0.150. The van der Waals surface area contributed by atoms with Gasteiger partial charge in [0.25, 0.3) is 5.91 Å². The molecule has 5 amide bonds. The van der Waals surface area contributed by atoms with E-state index in [1.54, 1.807) is 30.6 Å². The molecule has 2 saturated heterocycles. The van der Waals surface area contributed by atoms with Crippen LogP contribution in [-0.4, -0.2) is 71.1 Å². The number of hydrogen-bond acceptors (Lipinski definition) is 5. The zero-order valence-corrected chi connectivity index (χ0v) is 20.3. The molecule has 180 valence electrons. The van der Waals surface area contributed by atoms with Gasteiger partial charge in [-0.25, -0.2) is 9.59 Å². The van der Waals surface area contributed by atoms with Crippen LogP contribution in [0, 0.1) is 5.92 Å². The summed E-state index contributed by atoms with van der Waals surface area (Å²) < 4.78 is 5.32. The fourth-order valence-corrected chi connectivity index (χ4v) is 4.44. The van der Waals surface area contributed by atoms with Crippen LogP contribution in [0.25, 0.3) is 0 Å². The number of hydrogen-bond donors (Lipinski definition) is 1. The van der Waals surface area contributed by atoms with E-state index >= 15 is 0 Å². The van der Waals surface area contributed by atoms with E-state index in [0.29, 0.717) is 31.6 Å². The summed E-state index contributed by atoms with van der Waals surface area (Å²) in [6.45, 7) is 9.60. The molecule has 1 atom stereocenters. The van der Waals surface area contributed by atoms with Crippen LogP contribution < -0.4 is 10.2 Å². The molecule has 2 aliphatic heterocycles. The molecule has 0 radical (unpaired) electrons. The Balaban J connectivity index is 1.76. The van der Waals surface area contributed by atoms with Gasteiger partial charge in [0, 0.05) is 25.8 Å². The number of piperidine rings is 1. The number of rotatable bonds is 4. The molecular weight excluding hydrogens is 424 g/mol. The van der Waals surface area contributed by atoms with E-state index in [-0.39, 0.29) is 23.8 Å². The van der Waals surface area contributed by atoms with Crippen LogP contribution in [-0.2, 0) is 14.3 Å². The highest BCUT2D eigenvalue weighted by Gasteiger charge is 2.58. The summed E-state index contributed by atoms with van der Waals surface area (Å²) in [4.78, 5) is 56.0. The highest BCUT2D eigenvalue weighted by Crippen LogP contribution is 2.40. The number of nitrogens with zero attached hydrogens (tertiary/aromatic N) is 3. The Hall–Kier alpha value is -3.10. The van der Waals surface area contributed by atoms with E-state index in [4.69, 9.17) is 4.74 Å². The Morgan fingerprint density at radius 1 is 1.06 bits per heavy atom. The number of anilines is 1. The van der Waals surface area contributed by atoms with Crippen molar-refractivity contribution in [1.82, 2.24) is 15.1 Å².